The molecule has 6 aromatic heterocycles. The second kappa shape index (κ2) is 39.6. The maximum Gasteiger partial charge on any atom is 0.218 e. The van der Waals surface area contributed by atoms with Gasteiger partial charge in [-0.25, -0.2) is 50.0 Å². The lowest BCUT2D eigenvalue weighted by atomic mass is 10.1. The highest BCUT2D eigenvalue weighted by atomic mass is 35.5. The molecule has 0 amide bonds. The molecule has 18 rings (SSSR count). The van der Waals surface area contributed by atoms with E-state index in [0.29, 0.717) is 114 Å². The number of nitrogens with zero attached hydrogens (tertiary/aromatic N) is 11. The van der Waals surface area contributed by atoms with E-state index in [1.807, 2.05) is 146 Å². The zero-order valence-electron chi connectivity index (χ0n) is 63.6. The lowest BCUT2D eigenvalue weighted by Gasteiger charge is -2.13. The summed E-state index contributed by atoms with van der Waals surface area (Å²) >= 11 is 49.6. The summed E-state index contributed by atoms with van der Waals surface area (Å²) in [6.45, 7) is 5.44. The number of nitrogens with one attached hydrogen (secondary N) is 10. The van der Waals surface area contributed by atoms with Gasteiger partial charge in [0.05, 0.1) is 53.8 Å². The molecule has 0 radical (unpaired) electrons. The van der Waals surface area contributed by atoms with Gasteiger partial charge in [-0.15, -0.1) is 0 Å². The first-order chi connectivity index (χ1) is 58.7. The third-order valence-electron chi connectivity index (χ3n) is 18.8. The summed E-state index contributed by atoms with van der Waals surface area (Å²) in [6, 6.07) is 85.4. The highest BCUT2D eigenvalue weighted by Crippen LogP contribution is 2.37. The van der Waals surface area contributed by atoms with Crippen LogP contribution in [0.4, 0.5) is 46.3 Å². The van der Waals surface area contributed by atoms with Crippen molar-refractivity contribution < 1.29 is 0 Å². The van der Waals surface area contributed by atoms with E-state index in [4.69, 9.17) is 123 Å². The molecule has 0 unspecified atom stereocenters. The van der Waals surface area contributed by atoms with Crippen LogP contribution in [0.3, 0.4) is 0 Å². The smallest absolute Gasteiger partial charge is 0.218 e. The van der Waals surface area contributed by atoms with Crippen LogP contribution in [-0.2, 0) is 0 Å². The van der Waals surface area contributed by atoms with Crippen LogP contribution in [0.15, 0.2) is 273 Å². The Hall–Kier alpha value is -12.9. The molecular weight excluding hydrogens is 1670 g/mol. The molecule has 12 aromatic carbocycles. The van der Waals surface area contributed by atoms with Crippen LogP contribution in [0.5, 0.6) is 0 Å². The Morgan fingerprint density at radius 3 is 1.05 bits per heavy atom. The van der Waals surface area contributed by atoms with Crippen molar-refractivity contribution in [3.05, 3.63) is 319 Å². The van der Waals surface area contributed by atoms with E-state index in [1.165, 1.54) is 22.5 Å². The van der Waals surface area contributed by atoms with Crippen molar-refractivity contribution in [1.29, 1.82) is 5.26 Å². The molecule has 0 aliphatic rings. The SMILES string of the molecule is Clc1ccc(-c2nc(NCCNc3ccc4[nH]ccc4c3)c3ccccc3n2)c(Cl)c1.Clc1ccc(-c2nc(NCCNc3ccc4ccccc4c3)c3ccccc3n2)c(Cl)c1.Clc1ccc(-c2nc(NCCNc3ncn[nH]3)c3ccccc3n2)c(Cl)c1.N#Cc1cccc(NCCNc2nc(-c3ccc(Cl)cc3Cl)nc3ccccc23)c1. The van der Waals surface area contributed by atoms with Crippen LogP contribution < -0.4 is 42.5 Å². The topological polar surface area (TPSA) is 281 Å². The zero-order chi connectivity index (χ0) is 82.7. The Bertz CT molecular complexity index is 6710. The van der Waals surface area contributed by atoms with Crippen LogP contribution in [-0.4, -0.2) is 112 Å². The van der Waals surface area contributed by atoms with E-state index in [0.717, 1.165) is 125 Å². The molecular formula is C91H71Cl8N21. The number of anilines is 8. The number of para-hydroxylation sites is 4. The molecule has 0 aliphatic carbocycles. The van der Waals surface area contributed by atoms with Crippen molar-refractivity contribution in [2.45, 2.75) is 0 Å². The molecule has 21 nitrogen and oxygen atoms in total. The Kier molecular flexibility index (Phi) is 27.1. The monoisotopic (exact) mass is 1740 g/mol. The summed E-state index contributed by atoms with van der Waals surface area (Å²) in [5.41, 5.74) is 11.1. The van der Waals surface area contributed by atoms with Gasteiger partial charge in [0.15, 0.2) is 23.3 Å². The number of benzene rings is 12. The van der Waals surface area contributed by atoms with Gasteiger partial charge in [-0.1, -0.05) is 178 Å². The van der Waals surface area contributed by atoms with Crippen LogP contribution in [0.25, 0.3) is 111 Å². The molecule has 0 aliphatic heterocycles. The number of halogens is 8. The first kappa shape index (κ1) is 82.3. The van der Waals surface area contributed by atoms with Crippen molar-refractivity contribution >= 4 is 204 Å². The van der Waals surface area contributed by atoms with E-state index in [1.54, 1.807) is 54.6 Å². The second-order valence-electron chi connectivity index (χ2n) is 26.9. The molecule has 0 saturated carbocycles. The van der Waals surface area contributed by atoms with Crippen molar-refractivity contribution in [2.24, 2.45) is 0 Å². The van der Waals surface area contributed by atoms with E-state index >= 15 is 0 Å². The third-order valence-corrected chi connectivity index (χ3v) is 21.0. The first-order valence-corrected chi connectivity index (χ1v) is 40.9. The standard InChI is InChI=1S/C26H20Cl2N4.C24H19Cl2N5.C23H17Cl2N5.C18H15Cl2N7/c27-19-10-12-21(23(28)16-19)26-31-24-8-4-3-7-22(24)25(32-26)30-14-13-29-20-11-9-17-5-1-2-6-18(17)15-20;25-16-5-7-18(20(26)14-16)24-30-22-4-2-1-3-19(22)23(31-24)29-12-11-27-17-6-8-21-15(13-17)9-10-28-21;24-16-8-9-18(20(25)13-16)23-29-21-7-2-1-6-19(21)22(30-23)28-11-10-27-17-5-3-4-15(12-17)14-26;19-11-5-6-12(14(20)9-11)17-25-15-4-2-1-3-13(15)16(26-17)21-7-8-22-18-23-10-24-27-18/h1-12,15-16,29H,13-14H2,(H,30,31,32);1-10,13-14,27-28H,11-12H2,(H,29,30,31);1-9,12-13,27H,10-11H2,(H,28,29,30);1-6,9-10H,7-8H2,(H,21,25,26)(H2,22,23,24,27). The average molecular weight is 1740 g/mol. The quantitative estimate of drug-likeness (QED) is 0.0252. The summed E-state index contributed by atoms with van der Waals surface area (Å²) in [4.78, 5) is 44.9. The molecule has 120 heavy (non-hydrogen) atoms. The minimum atomic E-state index is 0.503. The van der Waals surface area contributed by atoms with Gasteiger partial charge in [-0.05, 0) is 187 Å². The summed E-state index contributed by atoms with van der Waals surface area (Å²) in [7, 11) is 0. The van der Waals surface area contributed by atoms with Crippen molar-refractivity contribution in [2.75, 3.05) is 94.9 Å². The van der Waals surface area contributed by atoms with Gasteiger partial charge in [0, 0.05) is 150 Å². The molecule has 18 aromatic rings. The average Bonchev–Trinajstić information content (AvgIpc) is 0.808. The van der Waals surface area contributed by atoms with Crippen LogP contribution in [0.2, 0.25) is 40.2 Å². The zero-order valence-corrected chi connectivity index (χ0v) is 69.6. The lowest BCUT2D eigenvalue weighted by molar-refractivity contribution is 1.02. The molecule has 10 N–H and O–H groups in total. The number of aromatic amines is 2. The van der Waals surface area contributed by atoms with Gasteiger partial charge >= 0.3 is 0 Å². The van der Waals surface area contributed by atoms with Gasteiger partial charge in [0.1, 0.15) is 29.6 Å². The van der Waals surface area contributed by atoms with E-state index in [9.17, 15) is 0 Å². The van der Waals surface area contributed by atoms with E-state index < -0.39 is 0 Å². The van der Waals surface area contributed by atoms with Crippen LogP contribution in [0.1, 0.15) is 5.56 Å². The molecule has 0 saturated heterocycles. The summed E-state index contributed by atoms with van der Waals surface area (Å²) in [6.07, 6.45) is 3.40. The molecule has 0 fully saturated rings. The highest BCUT2D eigenvalue weighted by molar-refractivity contribution is 6.38. The largest absolute Gasteiger partial charge is 0.383 e. The lowest BCUT2D eigenvalue weighted by Crippen LogP contribution is -2.15. The maximum atomic E-state index is 9.02. The number of hydrogen-bond donors (Lipinski definition) is 10. The predicted molar refractivity (Wildman–Crippen MR) is 498 cm³/mol. The van der Waals surface area contributed by atoms with Gasteiger partial charge in [-0.2, -0.15) is 10.4 Å². The maximum absolute atomic E-state index is 9.02. The fraction of sp³-hybridized carbons (Fsp3) is 0.0879. The summed E-state index contributed by atoms with van der Waals surface area (Å²) in [5, 5.41) is 54.3. The van der Waals surface area contributed by atoms with E-state index in [2.05, 4.69) is 150 Å². The molecule has 29 heteroatoms. The van der Waals surface area contributed by atoms with Gasteiger partial charge in [-0.3, -0.25) is 0 Å². The Labute approximate surface area is 729 Å². The van der Waals surface area contributed by atoms with Gasteiger partial charge < -0.3 is 47.5 Å². The molecule has 596 valence electrons. The minimum absolute atomic E-state index is 0.503. The summed E-state index contributed by atoms with van der Waals surface area (Å²) in [5.74, 6) is 5.84. The first-order valence-electron chi connectivity index (χ1n) is 37.9. The van der Waals surface area contributed by atoms with Gasteiger partial charge in [0.2, 0.25) is 5.95 Å². The second-order valence-corrected chi connectivity index (χ2v) is 30.3. The Morgan fingerprint density at radius 1 is 0.300 bits per heavy atom. The number of rotatable bonds is 24. The van der Waals surface area contributed by atoms with E-state index in [-0.39, 0.29) is 0 Å². The van der Waals surface area contributed by atoms with Crippen LogP contribution in [0, 0.1) is 11.3 Å². The fourth-order valence-electron chi connectivity index (χ4n) is 13.0. The highest BCUT2D eigenvalue weighted by Gasteiger charge is 2.18. The van der Waals surface area contributed by atoms with Crippen molar-refractivity contribution in [3.8, 4) is 51.6 Å². The third kappa shape index (κ3) is 21.0. The van der Waals surface area contributed by atoms with Crippen LogP contribution >= 0.6 is 92.8 Å². The normalized spacial score (nSPS) is 10.9. The summed E-state index contributed by atoms with van der Waals surface area (Å²) < 4.78 is 0. The fourth-order valence-corrected chi connectivity index (χ4v) is 15.0. The number of aromatic nitrogens is 12. The van der Waals surface area contributed by atoms with Gasteiger partial charge in [0.25, 0.3) is 0 Å². The van der Waals surface area contributed by atoms with Crippen molar-refractivity contribution in [1.82, 2.24) is 60.0 Å². The number of hydrogen-bond acceptors (Lipinski definition) is 19. The molecule has 0 bridgehead atoms. The Morgan fingerprint density at radius 2 is 0.658 bits per heavy atom. The Balaban J connectivity index is 0.000000125. The molecule has 0 spiro atoms. The molecule has 6 heterocycles. The van der Waals surface area contributed by atoms with Crippen molar-refractivity contribution in [3.63, 3.8) is 0 Å². The molecule has 0 atom stereocenters. The number of H-pyrrole nitrogens is 2. The minimum Gasteiger partial charge on any atom is -0.383 e. The number of nitriles is 1. The predicted octanol–water partition coefficient (Wildman–Crippen LogP) is 24.1. The number of fused-ring (bicyclic) bond motifs is 6.